The van der Waals surface area contributed by atoms with Gasteiger partial charge in [-0.25, -0.2) is 0 Å². The zero-order valence-electron chi connectivity index (χ0n) is 20.1. The first kappa shape index (κ1) is 22.8. The van der Waals surface area contributed by atoms with E-state index in [0.29, 0.717) is 30.1 Å². The lowest BCUT2D eigenvalue weighted by Gasteiger charge is -2.64. The summed E-state index contributed by atoms with van der Waals surface area (Å²) in [7, 11) is 0. The van der Waals surface area contributed by atoms with Crippen molar-refractivity contribution in [1.82, 2.24) is 0 Å². The lowest BCUT2D eigenvalue weighted by Crippen LogP contribution is -2.68. The van der Waals surface area contributed by atoms with Crippen LogP contribution in [-0.4, -0.2) is 27.7 Å². The Labute approximate surface area is 184 Å². The van der Waals surface area contributed by atoms with Crippen LogP contribution in [0.5, 0.6) is 0 Å². The van der Waals surface area contributed by atoms with Crippen molar-refractivity contribution in [3.05, 3.63) is 0 Å². The molecule has 4 fully saturated rings. The minimum Gasteiger partial charge on any atom is -0.386 e. The lowest BCUT2D eigenvalue weighted by atomic mass is 9.42. The predicted molar refractivity (Wildman–Crippen MR) is 121 cm³/mol. The van der Waals surface area contributed by atoms with Gasteiger partial charge in [0, 0.05) is 11.8 Å². The first-order chi connectivity index (χ1) is 14.0. The molecular formula is C27H46O3. The van der Waals surface area contributed by atoms with Gasteiger partial charge in [-0.3, -0.25) is 4.79 Å². The number of rotatable bonds is 5. The van der Waals surface area contributed by atoms with Gasteiger partial charge in [-0.1, -0.05) is 53.9 Å². The van der Waals surface area contributed by atoms with E-state index in [2.05, 4.69) is 34.6 Å². The second-order valence-electron chi connectivity index (χ2n) is 12.7. The van der Waals surface area contributed by atoms with E-state index < -0.39 is 11.7 Å². The van der Waals surface area contributed by atoms with E-state index in [1.54, 1.807) is 0 Å². The number of ketones is 1. The molecule has 3 heteroatoms. The fourth-order valence-electron chi connectivity index (χ4n) is 9.14. The fourth-order valence-corrected chi connectivity index (χ4v) is 9.14. The van der Waals surface area contributed by atoms with E-state index in [1.165, 1.54) is 38.5 Å². The number of fused-ring (bicyclic) bond motifs is 5. The third-order valence-electron chi connectivity index (χ3n) is 11.0. The van der Waals surface area contributed by atoms with Crippen LogP contribution in [0.25, 0.3) is 0 Å². The maximum atomic E-state index is 12.2. The van der Waals surface area contributed by atoms with Crippen LogP contribution < -0.4 is 0 Å². The number of hydrogen-bond acceptors (Lipinski definition) is 3. The second kappa shape index (κ2) is 7.87. The largest absolute Gasteiger partial charge is 0.386 e. The van der Waals surface area contributed by atoms with E-state index in [-0.39, 0.29) is 11.2 Å². The Balaban J connectivity index is 1.52. The highest BCUT2D eigenvalue weighted by molar-refractivity contribution is 5.85. The molecule has 0 spiro atoms. The Bertz CT molecular complexity index is 658. The standard InChI is InChI=1S/C27H46O3/c1-17(2)7-6-8-18(3)20-9-10-21-19-11-16-27(30)24(29)23(28)13-15-26(27,5)22(19)12-14-25(20,21)4/h17-22,24,29-30H,6-16H2,1-5H3/t18-,19?,20-,21?,22?,24-,25-,26-,27-/m1/s1. The third kappa shape index (κ3) is 3.24. The molecule has 3 unspecified atom stereocenters. The maximum absolute atomic E-state index is 12.2. The molecular weight excluding hydrogens is 372 g/mol. The summed E-state index contributed by atoms with van der Waals surface area (Å²) >= 11 is 0. The number of hydrogen-bond donors (Lipinski definition) is 2. The Morgan fingerprint density at radius 1 is 0.967 bits per heavy atom. The predicted octanol–water partition coefficient (Wildman–Crippen LogP) is 5.76. The summed E-state index contributed by atoms with van der Waals surface area (Å²) in [5, 5.41) is 22.2. The van der Waals surface area contributed by atoms with Gasteiger partial charge in [0.05, 0.1) is 0 Å². The number of Topliss-reactive ketones (excluding diaryl/α,β-unsaturated/α-hetero) is 1. The number of aliphatic hydroxyl groups is 2. The first-order valence-corrected chi connectivity index (χ1v) is 13.0. The summed E-state index contributed by atoms with van der Waals surface area (Å²) in [6.45, 7) is 12.0. The fraction of sp³-hybridized carbons (Fsp3) is 0.963. The molecule has 0 aromatic rings. The van der Waals surface area contributed by atoms with Crippen LogP contribution in [0.3, 0.4) is 0 Å². The summed E-state index contributed by atoms with van der Waals surface area (Å²) in [4.78, 5) is 12.2. The van der Waals surface area contributed by atoms with Crippen LogP contribution in [-0.2, 0) is 4.79 Å². The van der Waals surface area contributed by atoms with E-state index >= 15 is 0 Å². The summed E-state index contributed by atoms with van der Waals surface area (Å²) in [5.41, 5.74) is -1.09. The molecule has 4 aliphatic rings. The van der Waals surface area contributed by atoms with Crippen molar-refractivity contribution in [1.29, 1.82) is 0 Å². The Kier molecular flexibility index (Phi) is 5.97. The van der Waals surface area contributed by atoms with Gasteiger partial charge in [-0.15, -0.1) is 0 Å². The van der Waals surface area contributed by atoms with Gasteiger partial charge in [-0.05, 0) is 85.9 Å². The van der Waals surface area contributed by atoms with E-state index in [4.69, 9.17) is 0 Å². The van der Waals surface area contributed by atoms with Crippen LogP contribution in [0.1, 0.15) is 105 Å². The van der Waals surface area contributed by atoms with Crippen molar-refractivity contribution >= 4 is 5.78 Å². The van der Waals surface area contributed by atoms with Crippen molar-refractivity contribution in [2.24, 2.45) is 46.3 Å². The minimum absolute atomic E-state index is 0.148. The van der Waals surface area contributed by atoms with Gasteiger partial charge >= 0.3 is 0 Å². The van der Waals surface area contributed by atoms with E-state index in [1.807, 2.05) is 0 Å². The van der Waals surface area contributed by atoms with Crippen molar-refractivity contribution in [2.75, 3.05) is 0 Å². The third-order valence-corrected chi connectivity index (χ3v) is 11.0. The number of carbonyl (C=O) groups is 1. The van der Waals surface area contributed by atoms with E-state index in [0.717, 1.165) is 42.9 Å². The highest BCUT2D eigenvalue weighted by atomic mass is 16.3. The normalized spacial score (nSPS) is 49.5. The van der Waals surface area contributed by atoms with Crippen molar-refractivity contribution in [3.8, 4) is 0 Å². The topological polar surface area (TPSA) is 57.5 Å². The quantitative estimate of drug-likeness (QED) is 0.596. The molecule has 0 aromatic carbocycles. The Morgan fingerprint density at radius 3 is 2.40 bits per heavy atom. The summed E-state index contributed by atoms with van der Waals surface area (Å²) in [6, 6.07) is 0. The van der Waals surface area contributed by atoms with Gasteiger partial charge in [0.2, 0.25) is 0 Å². The molecule has 4 saturated carbocycles. The maximum Gasteiger partial charge on any atom is 0.164 e. The lowest BCUT2D eigenvalue weighted by molar-refractivity contribution is -0.238. The van der Waals surface area contributed by atoms with Gasteiger partial charge in [0.1, 0.15) is 11.7 Å². The van der Waals surface area contributed by atoms with Crippen molar-refractivity contribution < 1.29 is 15.0 Å². The van der Waals surface area contributed by atoms with Gasteiger partial charge < -0.3 is 10.2 Å². The van der Waals surface area contributed by atoms with Gasteiger partial charge in [0.25, 0.3) is 0 Å². The minimum atomic E-state index is -1.21. The highest BCUT2D eigenvalue weighted by Gasteiger charge is 2.67. The average Bonchev–Trinajstić information content (AvgIpc) is 3.04. The Morgan fingerprint density at radius 2 is 1.70 bits per heavy atom. The molecule has 0 heterocycles. The zero-order chi connectivity index (χ0) is 21.9. The van der Waals surface area contributed by atoms with E-state index in [9.17, 15) is 15.0 Å². The van der Waals surface area contributed by atoms with Crippen LogP contribution in [0.4, 0.5) is 0 Å². The molecule has 2 N–H and O–H groups in total. The smallest absolute Gasteiger partial charge is 0.164 e. The molecule has 0 radical (unpaired) electrons. The molecule has 0 aliphatic heterocycles. The van der Waals surface area contributed by atoms with Crippen molar-refractivity contribution in [3.63, 3.8) is 0 Å². The highest BCUT2D eigenvalue weighted by Crippen LogP contribution is 2.69. The molecule has 0 amide bonds. The van der Waals surface area contributed by atoms with Crippen LogP contribution >= 0.6 is 0 Å². The molecule has 172 valence electrons. The molecule has 9 atom stereocenters. The molecule has 0 saturated heterocycles. The van der Waals surface area contributed by atoms with Crippen LogP contribution in [0, 0.1) is 46.3 Å². The summed E-state index contributed by atoms with van der Waals surface area (Å²) in [6.07, 6.45) is 10.8. The second-order valence-corrected chi connectivity index (χ2v) is 12.7. The molecule has 4 rings (SSSR count). The molecule has 3 nitrogen and oxygen atoms in total. The molecule has 4 aliphatic carbocycles. The summed E-state index contributed by atoms with van der Waals surface area (Å²) in [5.74, 6) is 4.16. The Hall–Kier alpha value is -0.410. The number of carbonyl (C=O) groups excluding carboxylic acids is 1. The first-order valence-electron chi connectivity index (χ1n) is 13.0. The molecule has 30 heavy (non-hydrogen) atoms. The summed E-state index contributed by atoms with van der Waals surface area (Å²) < 4.78 is 0. The van der Waals surface area contributed by atoms with Crippen molar-refractivity contribution in [2.45, 2.75) is 117 Å². The molecule has 0 aromatic heterocycles. The monoisotopic (exact) mass is 418 g/mol. The van der Waals surface area contributed by atoms with Crippen LogP contribution in [0.2, 0.25) is 0 Å². The van der Waals surface area contributed by atoms with Crippen LogP contribution in [0.15, 0.2) is 0 Å². The van der Waals surface area contributed by atoms with Gasteiger partial charge in [-0.2, -0.15) is 0 Å². The number of aliphatic hydroxyl groups excluding tert-OH is 1. The average molecular weight is 419 g/mol. The zero-order valence-corrected chi connectivity index (χ0v) is 20.1. The molecule has 0 bridgehead atoms. The SMILES string of the molecule is CC(C)CCC[C@@H](C)[C@H]1CCC2C3CC[C@@]4(O)[C@H](O)C(=O)CC[C@]4(C)C3CC[C@@]21C. The van der Waals surface area contributed by atoms with Gasteiger partial charge in [0.15, 0.2) is 5.78 Å².